The Balaban J connectivity index is 1.15. The number of likely N-dealkylation sites (tertiary alicyclic amines) is 2. The number of nitrogens with one attached hydrogen (secondary N) is 1. The number of halogens is 4. The van der Waals surface area contributed by atoms with Gasteiger partial charge in [0.15, 0.2) is 0 Å². The molecule has 252 valence electrons. The third kappa shape index (κ3) is 8.64. The van der Waals surface area contributed by atoms with Crippen molar-refractivity contribution in [2.75, 3.05) is 32.8 Å². The average Bonchev–Trinajstić information content (AvgIpc) is 2.97. The van der Waals surface area contributed by atoms with Gasteiger partial charge < -0.3 is 29.7 Å². The summed E-state index contributed by atoms with van der Waals surface area (Å²) in [5, 5.41) is 13.6. The number of benzene rings is 2. The molecule has 0 aromatic heterocycles. The first-order chi connectivity index (χ1) is 21.6. The number of piperidine rings is 1. The van der Waals surface area contributed by atoms with Crippen molar-refractivity contribution in [2.24, 2.45) is 5.92 Å². The van der Waals surface area contributed by atoms with Crippen LogP contribution in [0.25, 0.3) is 0 Å². The number of alkyl carbamates (subject to hydrolysis) is 1. The molecule has 2 heterocycles. The molecule has 46 heavy (non-hydrogen) atoms. The zero-order valence-corrected chi connectivity index (χ0v) is 27.0. The minimum absolute atomic E-state index is 0.146. The SMILES string of the molecule is CC(C)(C)OC(=O)NC1CN(C(=O)c2ccc(OCCCCC3CCN(C(=O)C(O)(c4ccccc4)C(F)(F)F)CC3)cc2Cl)C1. The predicted molar refractivity (Wildman–Crippen MR) is 166 cm³/mol. The Kier molecular flexibility index (Phi) is 11.1. The standard InChI is InChI=1S/C33H41ClF3N3O6/c1-31(2,3)46-30(43)38-24-20-40(21-24)28(41)26-13-12-25(19-27(26)34)45-18-8-7-9-22-14-16-39(17-15-22)29(42)32(44,33(35,36)37)23-10-5-4-6-11-23/h4-6,10-13,19,22,24,44H,7-9,14-18,20-21H2,1-3H3,(H,38,43). The Morgan fingerprint density at radius 1 is 0.978 bits per heavy atom. The third-order valence-corrected chi connectivity index (χ3v) is 8.46. The number of nitrogens with zero attached hydrogens (tertiary/aromatic N) is 2. The Bertz CT molecular complexity index is 1370. The van der Waals surface area contributed by atoms with Gasteiger partial charge in [-0.2, -0.15) is 13.2 Å². The summed E-state index contributed by atoms with van der Waals surface area (Å²) in [5.74, 6) is -0.805. The molecule has 13 heteroatoms. The monoisotopic (exact) mass is 667 g/mol. The number of unbranched alkanes of at least 4 members (excludes halogenated alkanes) is 1. The molecule has 0 bridgehead atoms. The second kappa shape index (κ2) is 14.5. The number of amides is 3. The topological polar surface area (TPSA) is 108 Å². The van der Waals surface area contributed by atoms with Gasteiger partial charge in [-0.05, 0) is 70.6 Å². The van der Waals surface area contributed by atoms with E-state index in [0.29, 0.717) is 43.9 Å². The summed E-state index contributed by atoms with van der Waals surface area (Å²) in [7, 11) is 0. The minimum Gasteiger partial charge on any atom is -0.494 e. The molecule has 0 saturated carbocycles. The maximum Gasteiger partial charge on any atom is 0.430 e. The van der Waals surface area contributed by atoms with Crippen LogP contribution in [0.4, 0.5) is 18.0 Å². The molecule has 2 aromatic carbocycles. The van der Waals surface area contributed by atoms with Crippen LogP contribution in [0.5, 0.6) is 5.75 Å². The molecule has 0 radical (unpaired) electrons. The van der Waals surface area contributed by atoms with Crippen molar-refractivity contribution < 1.29 is 42.1 Å². The van der Waals surface area contributed by atoms with E-state index in [1.54, 1.807) is 43.9 Å². The Labute approximate surface area is 272 Å². The lowest BCUT2D eigenvalue weighted by molar-refractivity contribution is -0.262. The molecule has 2 aromatic rings. The molecule has 2 aliphatic rings. The van der Waals surface area contributed by atoms with E-state index >= 15 is 0 Å². The average molecular weight is 668 g/mol. The van der Waals surface area contributed by atoms with Gasteiger partial charge in [-0.15, -0.1) is 0 Å². The second-order valence-corrected chi connectivity index (χ2v) is 13.3. The van der Waals surface area contributed by atoms with Crippen molar-refractivity contribution in [1.82, 2.24) is 15.1 Å². The summed E-state index contributed by atoms with van der Waals surface area (Å²) in [6.07, 6.45) is -2.18. The van der Waals surface area contributed by atoms with Gasteiger partial charge in [-0.25, -0.2) is 4.79 Å². The maximum atomic E-state index is 13.9. The zero-order chi connectivity index (χ0) is 33.7. The number of aliphatic hydroxyl groups is 1. The van der Waals surface area contributed by atoms with Crippen molar-refractivity contribution in [3.8, 4) is 5.75 Å². The first-order valence-electron chi connectivity index (χ1n) is 15.4. The number of carbonyl (C=O) groups excluding carboxylic acids is 3. The lowest BCUT2D eigenvalue weighted by Gasteiger charge is -2.39. The van der Waals surface area contributed by atoms with E-state index in [2.05, 4.69) is 5.32 Å². The summed E-state index contributed by atoms with van der Waals surface area (Å²) in [4.78, 5) is 40.4. The molecular formula is C33H41ClF3N3O6. The third-order valence-electron chi connectivity index (χ3n) is 8.15. The van der Waals surface area contributed by atoms with Crippen molar-refractivity contribution in [1.29, 1.82) is 0 Å². The Morgan fingerprint density at radius 2 is 1.63 bits per heavy atom. The smallest absolute Gasteiger partial charge is 0.430 e. The first kappa shape index (κ1) is 35.3. The Morgan fingerprint density at radius 3 is 2.22 bits per heavy atom. The normalized spacial score (nSPS) is 17.6. The van der Waals surface area contributed by atoms with E-state index < -0.39 is 34.9 Å². The van der Waals surface area contributed by atoms with Crippen LogP contribution < -0.4 is 10.1 Å². The predicted octanol–water partition coefficient (Wildman–Crippen LogP) is 5.93. The number of rotatable bonds is 10. The van der Waals surface area contributed by atoms with Crippen LogP contribution in [0, 0.1) is 5.92 Å². The van der Waals surface area contributed by atoms with Gasteiger partial charge in [0.1, 0.15) is 11.4 Å². The number of ether oxygens (including phenoxy) is 2. The van der Waals surface area contributed by atoms with E-state index in [1.807, 2.05) is 0 Å². The van der Waals surface area contributed by atoms with E-state index in [9.17, 15) is 32.7 Å². The number of hydrogen-bond acceptors (Lipinski definition) is 6. The lowest BCUT2D eigenvalue weighted by Crippen LogP contribution is -2.61. The van der Waals surface area contributed by atoms with Gasteiger partial charge in [0, 0.05) is 31.7 Å². The van der Waals surface area contributed by atoms with Gasteiger partial charge in [0.2, 0.25) is 0 Å². The maximum absolute atomic E-state index is 13.9. The molecule has 0 spiro atoms. The van der Waals surface area contributed by atoms with E-state index in [4.69, 9.17) is 21.1 Å². The summed E-state index contributed by atoms with van der Waals surface area (Å²) < 4.78 is 52.7. The number of hydrogen-bond donors (Lipinski definition) is 2. The molecule has 1 atom stereocenters. The molecule has 3 amide bonds. The molecule has 0 aliphatic carbocycles. The van der Waals surface area contributed by atoms with Crippen molar-refractivity contribution in [3.63, 3.8) is 0 Å². The largest absolute Gasteiger partial charge is 0.494 e. The molecule has 2 fully saturated rings. The van der Waals surface area contributed by atoms with Crippen LogP contribution in [0.3, 0.4) is 0 Å². The molecule has 2 saturated heterocycles. The van der Waals surface area contributed by atoms with E-state index in [0.717, 1.165) is 36.3 Å². The zero-order valence-electron chi connectivity index (χ0n) is 26.2. The van der Waals surface area contributed by atoms with E-state index in [-0.39, 0.29) is 36.0 Å². The highest BCUT2D eigenvalue weighted by Gasteiger charge is 2.62. The highest BCUT2D eigenvalue weighted by atomic mass is 35.5. The fourth-order valence-electron chi connectivity index (χ4n) is 5.61. The molecule has 2 aliphatic heterocycles. The van der Waals surface area contributed by atoms with Crippen LogP contribution in [0.1, 0.15) is 68.8 Å². The van der Waals surface area contributed by atoms with Crippen molar-refractivity contribution in [3.05, 3.63) is 64.7 Å². The minimum atomic E-state index is -5.15. The van der Waals surface area contributed by atoms with Crippen molar-refractivity contribution >= 4 is 29.5 Å². The molecule has 4 rings (SSSR count). The Hall–Kier alpha value is -3.51. The molecular weight excluding hydrogens is 627 g/mol. The van der Waals surface area contributed by atoms with Gasteiger partial charge in [-0.3, -0.25) is 9.59 Å². The molecule has 2 N–H and O–H groups in total. The lowest BCUT2D eigenvalue weighted by atomic mass is 9.88. The van der Waals surface area contributed by atoms with Crippen LogP contribution in [-0.4, -0.2) is 83.4 Å². The van der Waals surface area contributed by atoms with Crippen LogP contribution >= 0.6 is 11.6 Å². The quantitative estimate of drug-likeness (QED) is 0.304. The highest BCUT2D eigenvalue weighted by molar-refractivity contribution is 6.34. The van der Waals surface area contributed by atoms with E-state index in [1.165, 1.54) is 18.2 Å². The van der Waals surface area contributed by atoms with Crippen LogP contribution in [0.15, 0.2) is 48.5 Å². The second-order valence-electron chi connectivity index (χ2n) is 12.8. The highest BCUT2D eigenvalue weighted by Crippen LogP contribution is 2.41. The summed E-state index contributed by atoms with van der Waals surface area (Å²) in [6.45, 7) is 6.74. The molecule has 1 unspecified atom stereocenters. The van der Waals surface area contributed by atoms with Gasteiger partial charge in [0.05, 0.1) is 23.2 Å². The van der Waals surface area contributed by atoms with Gasteiger partial charge >= 0.3 is 12.3 Å². The number of carbonyl (C=O) groups is 3. The number of alkyl halides is 3. The van der Waals surface area contributed by atoms with Crippen LogP contribution in [-0.2, 0) is 15.1 Å². The van der Waals surface area contributed by atoms with Gasteiger partial charge in [-0.1, -0.05) is 48.4 Å². The van der Waals surface area contributed by atoms with Crippen molar-refractivity contribution in [2.45, 2.75) is 76.3 Å². The summed E-state index contributed by atoms with van der Waals surface area (Å²) in [5.41, 5.74) is -4.33. The first-order valence-corrected chi connectivity index (χ1v) is 15.8. The summed E-state index contributed by atoms with van der Waals surface area (Å²) >= 11 is 6.38. The summed E-state index contributed by atoms with van der Waals surface area (Å²) in [6, 6.07) is 11.2. The van der Waals surface area contributed by atoms with Gasteiger partial charge in [0.25, 0.3) is 17.4 Å². The molecule has 9 nitrogen and oxygen atoms in total. The fourth-order valence-corrected chi connectivity index (χ4v) is 5.86. The fraction of sp³-hybridized carbons (Fsp3) is 0.545. The van der Waals surface area contributed by atoms with Crippen LogP contribution in [0.2, 0.25) is 5.02 Å².